The van der Waals surface area contributed by atoms with Gasteiger partial charge in [0, 0.05) is 18.3 Å². The molecule has 1 aliphatic carbocycles. The van der Waals surface area contributed by atoms with Crippen LogP contribution in [-0.4, -0.2) is 10.6 Å². The second-order valence-corrected chi connectivity index (χ2v) is 8.73. The van der Waals surface area contributed by atoms with Gasteiger partial charge in [-0.25, -0.2) is 0 Å². The summed E-state index contributed by atoms with van der Waals surface area (Å²) in [6.45, 7) is 4.97. The van der Waals surface area contributed by atoms with Gasteiger partial charge in [0.25, 0.3) is 0 Å². The molecule has 2 aromatic carbocycles. The molecule has 0 spiro atoms. The SMILES string of the molecule is Cc1ccc(Cn2cccc2C[NH+](Cc2ccccc2C#N)C2CCCCC2)cc1. The quantitative estimate of drug-likeness (QED) is 0.618. The minimum absolute atomic E-state index is 0.674. The molecular formula is C27H32N3+. The third-order valence-corrected chi connectivity index (χ3v) is 6.54. The molecule has 1 fully saturated rings. The molecule has 0 bridgehead atoms. The van der Waals surface area contributed by atoms with Gasteiger partial charge in [-0.2, -0.15) is 5.26 Å². The number of benzene rings is 2. The van der Waals surface area contributed by atoms with Crippen LogP contribution in [0.5, 0.6) is 0 Å². The molecule has 154 valence electrons. The highest BCUT2D eigenvalue weighted by atomic mass is 15.2. The molecule has 1 N–H and O–H groups in total. The molecule has 0 amide bonds. The lowest BCUT2D eigenvalue weighted by molar-refractivity contribution is -0.953. The van der Waals surface area contributed by atoms with E-state index in [1.165, 1.54) is 54.5 Å². The lowest BCUT2D eigenvalue weighted by atomic mass is 9.93. The smallest absolute Gasteiger partial charge is 0.118 e. The van der Waals surface area contributed by atoms with Gasteiger partial charge in [-0.15, -0.1) is 0 Å². The van der Waals surface area contributed by atoms with Crippen molar-refractivity contribution in [2.45, 2.75) is 64.7 Å². The number of nitrogens with one attached hydrogen (secondary N) is 1. The van der Waals surface area contributed by atoms with Crippen molar-refractivity contribution in [2.24, 2.45) is 0 Å². The Morgan fingerprint density at radius 2 is 1.70 bits per heavy atom. The highest BCUT2D eigenvalue weighted by Crippen LogP contribution is 2.17. The summed E-state index contributed by atoms with van der Waals surface area (Å²) in [4.78, 5) is 1.60. The molecule has 1 saturated carbocycles. The van der Waals surface area contributed by atoms with Gasteiger partial charge in [0.2, 0.25) is 0 Å². The van der Waals surface area contributed by atoms with Crippen LogP contribution >= 0.6 is 0 Å². The van der Waals surface area contributed by atoms with E-state index < -0.39 is 0 Å². The summed E-state index contributed by atoms with van der Waals surface area (Å²) in [6, 6.07) is 24.5. The molecule has 0 radical (unpaired) electrons. The summed E-state index contributed by atoms with van der Waals surface area (Å²) >= 11 is 0. The first-order valence-electron chi connectivity index (χ1n) is 11.2. The lowest BCUT2D eigenvalue weighted by Crippen LogP contribution is -3.13. The minimum atomic E-state index is 0.674. The van der Waals surface area contributed by atoms with Crippen molar-refractivity contribution in [2.75, 3.05) is 0 Å². The molecule has 4 rings (SSSR count). The fraction of sp³-hybridized carbons (Fsp3) is 0.370. The first kappa shape index (κ1) is 20.4. The number of hydrogen-bond donors (Lipinski definition) is 1. The van der Waals surface area contributed by atoms with E-state index in [1.54, 1.807) is 4.90 Å². The fourth-order valence-electron chi connectivity index (χ4n) is 4.78. The van der Waals surface area contributed by atoms with Crippen LogP contribution in [0.2, 0.25) is 0 Å². The van der Waals surface area contributed by atoms with E-state index in [0.29, 0.717) is 6.04 Å². The zero-order valence-corrected chi connectivity index (χ0v) is 18.0. The van der Waals surface area contributed by atoms with Crippen molar-refractivity contribution in [3.63, 3.8) is 0 Å². The van der Waals surface area contributed by atoms with E-state index in [-0.39, 0.29) is 0 Å². The van der Waals surface area contributed by atoms with Gasteiger partial charge in [-0.1, -0.05) is 54.4 Å². The fourth-order valence-corrected chi connectivity index (χ4v) is 4.78. The summed E-state index contributed by atoms with van der Waals surface area (Å²) in [5.74, 6) is 0. The van der Waals surface area contributed by atoms with E-state index in [0.717, 1.165) is 25.2 Å². The number of nitrogens with zero attached hydrogens (tertiary/aromatic N) is 2. The largest absolute Gasteiger partial charge is 0.342 e. The Labute approximate surface area is 180 Å². The van der Waals surface area contributed by atoms with Crippen molar-refractivity contribution in [1.29, 1.82) is 5.26 Å². The number of rotatable bonds is 7. The van der Waals surface area contributed by atoms with Gasteiger partial charge in [-0.05, 0) is 56.4 Å². The molecule has 1 heterocycles. The Kier molecular flexibility index (Phi) is 6.67. The van der Waals surface area contributed by atoms with Crippen LogP contribution in [0.1, 0.15) is 60.1 Å². The van der Waals surface area contributed by atoms with E-state index in [1.807, 2.05) is 12.1 Å². The normalized spacial score (nSPS) is 15.6. The molecule has 1 atom stereocenters. The third kappa shape index (κ3) is 5.01. The summed E-state index contributed by atoms with van der Waals surface area (Å²) in [6.07, 6.45) is 8.82. The monoisotopic (exact) mass is 398 g/mol. The first-order chi connectivity index (χ1) is 14.7. The van der Waals surface area contributed by atoms with Gasteiger partial charge >= 0.3 is 0 Å². The second-order valence-electron chi connectivity index (χ2n) is 8.73. The molecule has 3 aromatic rings. The highest BCUT2D eigenvalue weighted by molar-refractivity contribution is 5.36. The van der Waals surface area contributed by atoms with E-state index in [2.05, 4.69) is 72.3 Å². The van der Waals surface area contributed by atoms with Crippen molar-refractivity contribution in [3.8, 4) is 6.07 Å². The molecule has 0 saturated heterocycles. The average Bonchev–Trinajstić information content (AvgIpc) is 3.22. The van der Waals surface area contributed by atoms with Gasteiger partial charge < -0.3 is 9.47 Å². The van der Waals surface area contributed by atoms with Crippen molar-refractivity contribution in [3.05, 3.63) is 94.8 Å². The molecular weight excluding hydrogens is 366 g/mol. The van der Waals surface area contributed by atoms with Crippen LogP contribution < -0.4 is 4.90 Å². The molecule has 1 aliphatic rings. The van der Waals surface area contributed by atoms with Crippen LogP contribution in [-0.2, 0) is 19.6 Å². The Hall–Kier alpha value is -2.83. The molecule has 1 unspecified atom stereocenters. The average molecular weight is 399 g/mol. The molecule has 1 aromatic heterocycles. The van der Waals surface area contributed by atoms with Gasteiger partial charge in [0.05, 0.1) is 23.4 Å². The van der Waals surface area contributed by atoms with Crippen LogP contribution in [0, 0.1) is 18.3 Å². The minimum Gasteiger partial charge on any atom is -0.342 e. The van der Waals surface area contributed by atoms with Crippen LogP contribution in [0.3, 0.4) is 0 Å². The van der Waals surface area contributed by atoms with Crippen LogP contribution in [0.25, 0.3) is 0 Å². The second kappa shape index (κ2) is 9.78. The lowest BCUT2D eigenvalue weighted by Gasteiger charge is -2.32. The summed E-state index contributed by atoms with van der Waals surface area (Å²) in [7, 11) is 0. The van der Waals surface area contributed by atoms with Crippen LogP contribution in [0.15, 0.2) is 66.9 Å². The maximum atomic E-state index is 9.56. The number of hydrogen-bond acceptors (Lipinski definition) is 1. The zero-order chi connectivity index (χ0) is 20.8. The molecule has 0 aliphatic heterocycles. The van der Waals surface area contributed by atoms with Gasteiger partial charge in [-0.3, -0.25) is 0 Å². The third-order valence-electron chi connectivity index (χ3n) is 6.54. The highest BCUT2D eigenvalue weighted by Gasteiger charge is 2.26. The topological polar surface area (TPSA) is 33.2 Å². The van der Waals surface area contributed by atoms with E-state index in [4.69, 9.17) is 0 Å². The van der Waals surface area contributed by atoms with Crippen molar-refractivity contribution < 1.29 is 4.90 Å². The number of quaternary nitrogens is 1. The zero-order valence-electron chi connectivity index (χ0n) is 18.0. The Morgan fingerprint density at radius 3 is 2.47 bits per heavy atom. The Morgan fingerprint density at radius 1 is 0.933 bits per heavy atom. The van der Waals surface area contributed by atoms with Gasteiger partial charge in [0.15, 0.2) is 0 Å². The Bertz CT molecular complexity index is 987. The maximum Gasteiger partial charge on any atom is 0.118 e. The number of aryl methyl sites for hydroxylation is 1. The summed E-state index contributed by atoms with van der Waals surface area (Å²) < 4.78 is 2.39. The summed E-state index contributed by atoms with van der Waals surface area (Å²) in [5, 5.41) is 9.56. The molecule has 3 nitrogen and oxygen atoms in total. The maximum absolute atomic E-state index is 9.56. The molecule has 30 heavy (non-hydrogen) atoms. The number of aromatic nitrogens is 1. The first-order valence-corrected chi connectivity index (χ1v) is 11.2. The predicted octanol–water partition coefficient (Wildman–Crippen LogP) is 4.63. The van der Waals surface area contributed by atoms with Crippen LogP contribution in [0.4, 0.5) is 0 Å². The standard InChI is InChI=1S/C27H31N3/c1-22-13-15-23(16-14-22)19-29-17-7-12-27(29)21-30(26-10-3-2-4-11-26)20-25-9-6-5-8-24(25)18-28/h5-9,12-17,26H,2-4,10-11,19-21H2,1H3/p+1. The number of nitriles is 1. The van der Waals surface area contributed by atoms with Gasteiger partial charge in [0.1, 0.15) is 13.1 Å². The van der Waals surface area contributed by atoms with E-state index in [9.17, 15) is 5.26 Å². The molecule has 3 heteroatoms. The van der Waals surface area contributed by atoms with Crippen molar-refractivity contribution in [1.82, 2.24) is 4.57 Å². The Balaban J connectivity index is 1.55. The predicted molar refractivity (Wildman–Crippen MR) is 121 cm³/mol. The van der Waals surface area contributed by atoms with Crippen molar-refractivity contribution >= 4 is 0 Å². The van der Waals surface area contributed by atoms with E-state index >= 15 is 0 Å². The summed E-state index contributed by atoms with van der Waals surface area (Å²) in [5.41, 5.74) is 6.02.